The number of H-pyrrole nitrogens is 1. The lowest BCUT2D eigenvalue weighted by Gasteiger charge is -2.06. The van der Waals surface area contributed by atoms with E-state index in [-0.39, 0.29) is 0 Å². The third-order valence-electron chi connectivity index (χ3n) is 3.21. The molecule has 0 aliphatic carbocycles. The van der Waals surface area contributed by atoms with Crippen LogP contribution in [0, 0.1) is 0 Å². The zero-order valence-electron chi connectivity index (χ0n) is 11.2. The van der Waals surface area contributed by atoms with Gasteiger partial charge in [0.1, 0.15) is 0 Å². The first-order valence-electron chi connectivity index (χ1n) is 6.58. The minimum Gasteiger partial charge on any atom is -0.479 e. The van der Waals surface area contributed by atoms with E-state index in [0.717, 1.165) is 22.9 Å². The van der Waals surface area contributed by atoms with E-state index in [0.29, 0.717) is 5.88 Å². The molecule has 0 unspecified atom stereocenters. The van der Waals surface area contributed by atoms with Gasteiger partial charge < -0.3 is 9.84 Å². The van der Waals surface area contributed by atoms with Crippen molar-refractivity contribution in [1.29, 1.82) is 0 Å². The van der Waals surface area contributed by atoms with Crippen LogP contribution in [0.1, 0.15) is 11.1 Å². The molecular formula is C16H14N2O3. The zero-order valence-corrected chi connectivity index (χ0v) is 11.2. The van der Waals surface area contributed by atoms with E-state index in [1.807, 2.05) is 36.4 Å². The van der Waals surface area contributed by atoms with E-state index >= 15 is 0 Å². The highest BCUT2D eigenvalue weighted by molar-refractivity contribution is 5.88. The van der Waals surface area contributed by atoms with E-state index in [9.17, 15) is 4.79 Å². The van der Waals surface area contributed by atoms with Gasteiger partial charge in [-0.25, -0.2) is 4.79 Å². The maximum Gasteiger partial charge on any atom is 0.341 e. The Morgan fingerprint density at radius 1 is 1.14 bits per heavy atom. The molecular weight excluding hydrogens is 268 g/mol. The molecule has 0 saturated heterocycles. The van der Waals surface area contributed by atoms with Crippen LogP contribution in [0.15, 0.2) is 48.5 Å². The van der Waals surface area contributed by atoms with Gasteiger partial charge in [0.05, 0.1) is 10.9 Å². The number of nitrogens with one attached hydrogen (secondary N) is 1. The minimum absolute atomic E-state index is 0.332. The molecule has 3 rings (SSSR count). The highest BCUT2D eigenvalue weighted by Crippen LogP contribution is 2.28. The van der Waals surface area contributed by atoms with Crippen LogP contribution in [0.5, 0.6) is 5.88 Å². The molecule has 0 aliphatic heterocycles. The average molecular weight is 282 g/mol. The highest BCUT2D eigenvalue weighted by atomic mass is 16.5. The maximum absolute atomic E-state index is 10.6. The van der Waals surface area contributed by atoms with Gasteiger partial charge in [-0.1, -0.05) is 42.5 Å². The van der Waals surface area contributed by atoms with Crippen LogP contribution in [0.25, 0.3) is 10.9 Å². The lowest BCUT2D eigenvalue weighted by atomic mass is 10.0. The molecule has 0 bridgehead atoms. The molecule has 1 aromatic heterocycles. The Hall–Kier alpha value is -2.82. The number of aromatic nitrogens is 2. The Labute approximate surface area is 121 Å². The summed E-state index contributed by atoms with van der Waals surface area (Å²) >= 11 is 0. The summed E-state index contributed by atoms with van der Waals surface area (Å²) in [6.45, 7) is -0.403. The summed E-state index contributed by atoms with van der Waals surface area (Å²) in [6.07, 6.45) is 0.737. The molecule has 0 spiro atoms. The normalized spacial score (nSPS) is 10.7. The molecule has 2 N–H and O–H groups in total. The second-order valence-electron chi connectivity index (χ2n) is 4.71. The van der Waals surface area contributed by atoms with Gasteiger partial charge in [-0.05, 0) is 23.6 Å². The number of carboxylic acids is 1. The van der Waals surface area contributed by atoms with E-state index in [4.69, 9.17) is 9.84 Å². The average Bonchev–Trinajstić information content (AvgIpc) is 2.90. The van der Waals surface area contributed by atoms with Crippen molar-refractivity contribution in [3.63, 3.8) is 0 Å². The third-order valence-corrected chi connectivity index (χ3v) is 3.21. The number of carbonyl (C=O) groups is 1. The van der Waals surface area contributed by atoms with Crippen LogP contribution in [0.2, 0.25) is 0 Å². The summed E-state index contributed by atoms with van der Waals surface area (Å²) in [7, 11) is 0. The number of ether oxygens (including phenoxy) is 1. The fourth-order valence-corrected chi connectivity index (χ4v) is 2.31. The Kier molecular flexibility index (Phi) is 3.55. The third kappa shape index (κ3) is 2.86. The smallest absolute Gasteiger partial charge is 0.341 e. The molecule has 0 amide bonds. The number of aliphatic carboxylic acids is 1. The Bertz CT molecular complexity index is 766. The summed E-state index contributed by atoms with van der Waals surface area (Å²) in [5, 5.41) is 16.5. The molecule has 1 heterocycles. The molecule has 3 aromatic rings. The topological polar surface area (TPSA) is 75.2 Å². The van der Waals surface area contributed by atoms with Crippen LogP contribution in [0.3, 0.4) is 0 Å². The number of rotatable bonds is 5. The molecule has 0 atom stereocenters. The van der Waals surface area contributed by atoms with E-state index in [1.54, 1.807) is 0 Å². The standard InChI is InChI=1S/C16H14N2O3/c19-14(20)10-21-16-15-12(7-4-8-13(15)17-18-16)9-11-5-2-1-3-6-11/h1-8H,9-10H2,(H,17,18)(H,19,20). The monoisotopic (exact) mass is 282 g/mol. The zero-order chi connectivity index (χ0) is 14.7. The Morgan fingerprint density at radius 3 is 2.71 bits per heavy atom. The van der Waals surface area contributed by atoms with Gasteiger partial charge in [-0.3, -0.25) is 5.10 Å². The summed E-state index contributed by atoms with van der Waals surface area (Å²) in [6, 6.07) is 15.9. The molecule has 0 fully saturated rings. The minimum atomic E-state index is -1.02. The van der Waals surface area contributed by atoms with E-state index in [2.05, 4.69) is 22.3 Å². The van der Waals surface area contributed by atoms with Gasteiger partial charge in [-0.15, -0.1) is 5.10 Å². The van der Waals surface area contributed by atoms with Gasteiger partial charge in [0.2, 0.25) is 5.88 Å². The number of nitrogens with zero attached hydrogens (tertiary/aromatic N) is 1. The van der Waals surface area contributed by atoms with Crippen LogP contribution < -0.4 is 4.74 Å². The second kappa shape index (κ2) is 5.66. The van der Waals surface area contributed by atoms with Gasteiger partial charge in [0, 0.05) is 0 Å². The first-order valence-corrected chi connectivity index (χ1v) is 6.58. The van der Waals surface area contributed by atoms with Gasteiger partial charge in [0.15, 0.2) is 6.61 Å². The largest absolute Gasteiger partial charge is 0.479 e. The summed E-state index contributed by atoms with van der Waals surface area (Å²) in [4.78, 5) is 10.6. The summed E-state index contributed by atoms with van der Waals surface area (Å²) < 4.78 is 5.26. The fraction of sp³-hybridized carbons (Fsp3) is 0.125. The van der Waals surface area contributed by atoms with Crippen molar-refractivity contribution >= 4 is 16.9 Å². The molecule has 0 radical (unpaired) electrons. The van der Waals surface area contributed by atoms with Gasteiger partial charge >= 0.3 is 5.97 Å². The van der Waals surface area contributed by atoms with Crippen LogP contribution in [0.4, 0.5) is 0 Å². The van der Waals surface area contributed by atoms with Crippen LogP contribution >= 0.6 is 0 Å². The molecule has 21 heavy (non-hydrogen) atoms. The van der Waals surface area contributed by atoms with Crippen molar-refractivity contribution in [1.82, 2.24) is 10.2 Å². The predicted octanol–water partition coefficient (Wildman–Crippen LogP) is 2.62. The number of benzene rings is 2. The molecule has 5 heteroatoms. The molecule has 106 valence electrons. The molecule has 0 aliphatic rings. The first kappa shape index (κ1) is 13.2. The number of hydrogen-bond acceptors (Lipinski definition) is 3. The first-order chi connectivity index (χ1) is 10.2. The molecule has 5 nitrogen and oxygen atoms in total. The Morgan fingerprint density at radius 2 is 1.95 bits per heavy atom. The van der Waals surface area contributed by atoms with Crippen molar-refractivity contribution in [2.24, 2.45) is 0 Å². The summed E-state index contributed by atoms with van der Waals surface area (Å²) in [5.74, 6) is -0.689. The lowest BCUT2D eigenvalue weighted by Crippen LogP contribution is -2.09. The maximum atomic E-state index is 10.6. The van der Waals surface area contributed by atoms with E-state index in [1.165, 1.54) is 5.56 Å². The molecule has 0 saturated carbocycles. The van der Waals surface area contributed by atoms with Crippen molar-refractivity contribution in [2.45, 2.75) is 6.42 Å². The van der Waals surface area contributed by atoms with Crippen molar-refractivity contribution in [2.75, 3.05) is 6.61 Å². The van der Waals surface area contributed by atoms with Gasteiger partial charge in [0.25, 0.3) is 0 Å². The van der Waals surface area contributed by atoms with Gasteiger partial charge in [-0.2, -0.15) is 0 Å². The Balaban J connectivity index is 1.97. The number of fused-ring (bicyclic) bond motifs is 1. The predicted molar refractivity (Wildman–Crippen MR) is 78.5 cm³/mol. The van der Waals surface area contributed by atoms with Crippen LogP contribution in [-0.4, -0.2) is 27.9 Å². The molecule has 2 aromatic carbocycles. The van der Waals surface area contributed by atoms with E-state index < -0.39 is 12.6 Å². The lowest BCUT2D eigenvalue weighted by molar-refractivity contribution is -0.139. The van der Waals surface area contributed by atoms with Crippen molar-refractivity contribution in [3.8, 4) is 5.88 Å². The van der Waals surface area contributed by atoms with Crippen molar-refractivity contribution < 1.29 is 14.6 Å². The number of hydrogen-bond donors (Lipinski definition) is 2. The number of carboxylic acid groups (broad SMARTS) is 1. The quantitative estimate of drug-likeness (QED) is 0.754. The highest BCUT2D eigenvalue weighted by Gasteiger charge is 2.13. The fourth-order valence-electron chi connectivity index (χ4n) is 2.31. The SMILES string of the molecule is O=C(O)COc1n[nH]c2cccc(Cc3ccccc3)c12. The second-order valence-corrected chi connectivity index (χ2v) is 4.71. The van der Waals surface area contributed by atoms with Crippen molar-refractivity contribution in [3.05, 3.63) is 59.7 Å². The van der Waals surface area contributed by atoms with Crippen LogP contribution in [-0.2, 0) is 11.2 Å². The summed E-state index contributed by atoms with van der Waals surface area (Å²) in [5.41, 5.74) is 3.06. The number of aromatic amines is 1.